The maximum atomic E-state index is 12.7. The number of nitrogens with zero attached hydrogens (tertiary/aromatic N) is 1. The molecule has 2 unspecified atom stereocenters. The maximum Gasteiger partial charge on any atom is 0.225 e. The Balaban J connectivity index is 1.77. The number of benzene rings is 1. The molecule has 25 heavy (non-hydrogen) atoms. The number of hydrogen-bond acceptors (Lipinski definition) is 3. The monoisotopic (exact) mass is 344 g/mol. The highest BCUT2D eigenvalue weighted by Crippen LogP contribution is 2.35. The van der Waals surface area contributed by atoms with Crippen LogP contribution >= 0.6 is 0 Å². The van der Waals surface area contributed by atoms with Gasteiger partial charge in [-0.15, -0.1) is 0 Å². The zero-order valence-corrected chi connectivity index (χ0v) is 15.3. The molecule has 1 aliphatic carbocycles. The first-order valence-corrected chi connectivity index (χ1v) is 9.20. The van der Waals surface area contributed by atoms with Gasteiger partial charge < -0.3 is 15.0 Å². The summed E-state index contributed by atoms with van der Waals surface area (Å²) in [5, 5.41) is 3.12. The second-order valence-electron chi connectivity index (χ2n) is 7.67. The number of carbonyl (C=O) groups excluding carboxylic acids is 2. The first-order chi connectivity index (χ1) is 12.0. The molecule has 2 atom stereocenters. The fourth-order valence-electron chi connectivity index (χ4n) is 3.48. The van der Waals surface area contributed by atoms with Crippen LogP contribution in [0.3, 0.4) is 0 Å². The van der Waals surface area contributed by atoms with Gasteiger partial charge in [-0.1, -0.05) is 26.0 Å². The van der Waals surface area contributed by atoms with Crippen molar-refractivity contribution in [3.63, 3.8) is 0 Å². The van der Waals surface area contributed by atoms with Crippen LogP contribution < -0.4 is 10.1 Å². The number of ether oxygens (including phenoxy) is 1. The molecule has 0 spiro atoms. The number of likely N-dealkylation sites (tertiary alicyclic amines) is 1. The third-order valence-corrected chi connectivity index (χ3v) is 5.06. The van der Waals surface area contributed by atoms with Gasteiger partial charge in [0.15, 0.2) is 0 Å². The van der Waals surface area contributed by atoms with Crippen LogP contribution in [0.25, 0.3) is 0 Å². The molecule has 2 fully saturated rings. The van der Waals surface area contributed by atoms with Crippen molar-refractivity contribution in [1.82, 2.24) is 10.2 Å². The number of carbonyl (C=O) groups is 2. The van der Waals surface area contributed by atoms with Gasteiger partial charge in [0.2, 0.25) is 11.8 Å². The van der Waals surface area contributed by atoms with E-state index in [-0.39, 0.29) is 23.7 Å². The van der Waals surface area contributed by atoms with E-state index in [4.69, 9.17) is 4.74 Å². The summed E-state index contributed by atoms with van der Waals surface area (Å²) in [5.74, 6) is 1.23. The molecule has 0 radical (unpaired) electrons. The molecule has 3 rings (SSSR count). The molecule has 5 nitrogen and oxygen atoms in total. The molecular weight excluding hydrogens is 316 g/mol. The van der Waals surface area contributed by atoms with Gasteiger partial charge in [0, 0.05) is 31.5 Å². The minimum atomic E-state index is -0.176. The van der Waals surface area contributed by atoms with Crippen LogP contribution in [-0.2, 0) is 9.59 Å². The zero-order valence-electron chi connectivity index (χ0n) is 15.3. The lowest BCUT2D eigenvalue weighted by atomic mass is 9.88. The van der Waals surface area contributed by atoms with Gasteiger partial charge in [0.05, 0.1) is 13.0 Å². The Labute approximate surface area is 149 Å². The summed E-state index contributed by atoms with van der Waals surface area (Å²) in [6.45, 7) is 5.22. The summed E-state index contributed by atoms with van der Waals surface area (Å²) in [4.78, 5) is 27.1. The van der Waals surface area contributed by atoms with E-state index in [0.29, 0.717) is 31.5 Å². The number of rotatable bonds is 6. The average molecular weight is 344 g/mol. The smallest absolute Gasteiger partial charge is 0.225 e. The topological polar surface area (TPSA) is 58.6 Å². The summed E-state index contributed by atoms with van der Waals surface area (Å²) in [7, 11) is 1.64. The van der Waals surface area contributed by atoms with Gasteiger partial charge in [0.25, 0.3) is 0 Å². The first-order valence-electron chi connectivity index (χ1n) is 9.20. The highest BCUT2D eigenvalue weighted by atomic mass is 16.5. The van der Waals surface area contributed by atoms with Crippen LogP contribution in [0.4, 0.5) is 0 Å². The van der Waals surface area contributed by atoms with Crippen LogP contribution in [0, 0.1) is 11.8 Å². The van der Waals surface area contributed by atoms with Crippen molar-refractivity contribution in [3.8, 4) is 5.75 Å². The molecule has 136 valence electrons. The fraction of sp³-hybridized carbons (Fsp3) is 0.600. The van der Waals surface area contributed by atoms with Crippen molar-refractivity contribution < 1.29 is 14.3 Å². The molecule has 1 aromatic carbocycles. The number of methoxy groups -OCH3 is 1. The van der Waals surface area contributed by atoms with Crippen molar-refractivity contribution in [2.75, 3.05) is 20.2 Å². The molecule has 2 aliphatic rings. The minimum absolute atomic E-state index is 0.0424. The van der Waals surface area contributed by atoms with E-state index in [9.17, 15) is 9.59 Å². The second-order valence-corrected chi connectivity index (χ2v) is 7.67. The molecule has 1 saturated carbocycles. The normalized spacial score (nSPS) is 23.0. The van der Waals surface area contributed by atoms with Gasteiger partial charge in [0.1, 0.15) is 5.75 Å². The first kappa shape index (κ1) is 17.8. The van der Waals surface area contributed by atoms with E-state index in [1.165, 1.54) is 0 Å². The Morgan fingerprint density at radius 1 is 1.20 bits per heavy atom. The highest BCUT2D eigenvalue weighted by Gasteiger charge is 2.41. The van der Waals surface area contributed by atoms with Gasteiger partial charge in [-0.3, -0.25) is 9.59 Å². The molecule has 1 N–H and O–H groups in total. The second kappa shape index (κ2) is 7.46. The quantitative estimate of drug-likeness (QED) is 0.863. The molecule has 1 heterocycles. The molecule has 0 aromatic heterocycles. The molecule has 2 amide bonds. The average Bonchev–Trinajstić information content (AvgIpc) is 3.28. The van der Waals surface area contributed by atoms with Crippen LogP contribution in [-0.4, -0.2) is 43.0 Å². The summed E-state index contributed by atoms with van der Waals surface area (Å²) in [6.07, 6.45) is 2.68. The van der Waals surface area contributed by atoms with Crippen LogP contribution in [0.15, 0.2) is 24.3 Å². The van der Waals surface area contributed by atoms with E-state index in [0.717, 1.165) is 24.2 Å². The van der Waals surface area contributed by atoms with Crippen LogP contribution in [0.1, 0.15) is 44.6 Å². The Hall–Kier alpha value is -2.04. The molecule has 1 aliphatic heterocycles. The number of hydrogen-bond donors (Lipinski definition) is 1. The zero-order chi connectivity index (χ0) is 18.0. The minimum Gasteiger partial charge on any atom is -0.497 e. The third-order valence-electron chi connectivity index (χ3n) is 5.06. The summed E-state index contributed by atoms with van der Waals surface area (Å²) < 4.78 is 5.23. The van der Waals surface area contributed by atoms with E-state index in [1.54, 1.807) is 7.11 Å². The Bertz CT molecular complexity index is 622. The van der Waals surface area contributed by atoms with Gasteiger partial charge in [-0.2, -0.15) is 0 Å². The molecule has 0 bridgehead atoms. The molecule has 1 saturated heterocycles. The molecular formula is C20H28N2O3. The van der Waals surface area contributed by atoms with Crippen LogP contribution in [0.5, 0.6) is 5.75 Å². The lowest BCUT2D eigenvalue weighted by Gasteiger charge is -2.18. The van der Waals surface area contributed by atoms with E-state index < -0.39 is 0 Å². The lowest BCUT2D eigenvalue weighted by molar-refractivity contribution is -0.131. The standard InChI is InChI=1S/C20H28N2O3/c1-13(2)10-19(23)22-11-17(14-4-8-16(25-3)9-5-14)18(12-22)20(24)21-15-6-7-15/h4-5,8-9,13,15,17-18H,6-7,10-12H2,1-3H3,(H,21,24). The van der Waals surface area contributed by atoms with Gasteiger partial charge in [-0.05, 0) is 36.5 Å². The summed E-state index contributed by atoms with van der Waals surface area (Å²) in [5.41, 5.74) is 1.09. The van der Waals surface area contributed by atoms with Crippen molar-refractivity contribution in [1.29, 1.82) is 0 Å². The van der Waals surface area contributed by atoms with Gasteiger partial charge >= 0.3 is 0 Å². The summed E-state index contributed by atoms with van der Waals surface area (Å²) in [6, 6.07) is 8.20. The predicted octanol–water partition coefficient (Wildman–Crippen LogP) is 2.56. The summed E-state index contributed by atoms with van der Waals surface area (Å²) >= 11 is 0. The highest BCUT2D eigenvalue weighted by molar-refractivity contribution is 5.83. The number of amides is 2. The van der Waals surface area contributed by atoms with Gasteiger partial charge in [-0.25, -0.2) is 0 Å². The molecule has 1 aromatic rings. The van der Waals surface area contributed by atoms with E-state index in [2.05, 4.69) is 5.32 Å². The predicted molar refractivity (Wildman–Crippen MR) is 96.4 cm³/mol. The van der Waals surface area contributed by atoms with Crippen molar-refractivity contribution in [2.24, 2.45) is 11.8 Å². The largest absolute Gasteiger partial charge is 0.497 e. The van der Waals surface area contributed by atoms with Crippen LogP contribution in [0.2, 0.25) is 0 Å². The number of nitrogens with one attached hydrogen (secondary N) is 1. The molecule has 5 heteroatoms. The third kappa shape index (κ3) is 4.33. The van der Waals surface area contributed by atoms with E-state index >= 15 is 0 Å². The Morgan fingerprint density at radius 2 is 1.88 bits per heavy atom. The SMILES string of the molecule is COc1ccc(C2CN(C(=O)CC(C)C)CC2C(=O)NC2CC2)cc1. The Morgan fingerprint density at radius 3 is 2.44 bits per heavy atom. The van der Waals surface area contributed by atoms with Crippen molar-refractivity contribution >= 4 is 11.8 Å². The lowest BCUT2D eigenvalue weighted by Crippen LogP contribution is -2.36. The maximum absolute atomic E-state index is 12.7. The Kier molecular flexibility index (Phi) is 5.30. The van der Waals surface area contributed by atoms with E-state index in [1.807, 2.05) is 43.0 Å². The van der Waals surface area contributed by atoms with Crippen molar-refractivity contribution in [2.45, 2.75) is 45.1 Å². The van der Waals surface area contributed by atoms with Crippen molar-refractivity contribution in [3.05, 3.63) is 29.8 Å². The fourth-order valence-corrected chi connectivity index (χ4v) is 3.48.